The Morgan fingerprint density at radius 3 is 3.00 bits per heavy atom. The van der Waals surface area contributed by atoms with Gasteiger partial charge >= 0.3 is 0 Å². The Bertz CT molecular complexity index is 570. The summed E-state index contributed by atoms with van der Waals surface area (Å²) in [5.74, 6) is 0. The number of anilines is 2. The predicted molar refractivity (Wildman–Crippen MR) is 73.6 cm³/mol. The Hall–Kier alpha value is -1.81. The summed E-state index contributed by atoms with van der Waals surface area (Å²) < 4.78 is 5.57. The molecule has 1 aromatic heterocycles. The van der Waals surface area contributed by atoms with Crippen molar-refractivity contribution in [3.63, 3.8) is 0 Å². The third kappa shape index (κ3) is 1.88. The van der Waals surface area contributed by atoms with Crippen molar-refractivity contribution in [3.05, 3.63) is 30.5 Å². The molecule has 0 aliphatic carbocycles. The fraction of sp³-hybridized carbons (Fsp3) is 0.357. The van der Waals surface area contributed by atoms with Crippen LogP contribution in [-0.2, 0) is 4.74 Å². The topological polar surface area (TPSA) is 60.2 Å². The minimum atomic E-state index is 0.219. The highest BCUT2D eigenvalue weighted by molar-refractivity contribution is 5.96. The zero-order valence-corrected chi connectivity index (χ0v) is 10.4. The Kier molecular flexibility index (Phi) is 2.80. The molecule has 4 heteroatoms. The van der Waals surface area contributed by atoms with E-state index in [-0.39, 0.29) is 6.10 Å². The van der Waals surface area contributed by atoms with Crippen molar-refractivity contribution in [1.29, 1.82) is 0 Å². The highest BCUT2D eigenvalue weighted by atomic mass is 16.5. The Morgan fingerprint density at radius 2 is 2.22 bits per heavy atom. The van der Waals surface area contributed by atoms with E-state index in [9.17, 15) is 0 Å². The molecule has 2 atom stereocenters. The molecule has 1 aliphatic heterocycles. The van der Waals surface area contributed by atoms with Gasteiger partial charge in [-0.25, -0.2) is 0 Å². The molecule has 1 aliphatic rings. The minimum Gasteiger partial charge on any atom is -0.396 e. The lowest BCUT2D eigenvalue weighted by molar-refractivity contribution is 0.121. The smallest absolute Gasteiger partial charge is 0.0748 e. The largest absolute Gasteiger partial charge is 0.396 e. The molecule has 3 N–H and O–H groups in total. The predicted octanol–water partition coefficient (Wildman–Crippen LogP) is 2.41. The molecule has 94 valence electrons. The number of nitrogen functional groups attached to an aromatic ring is 1. The highest BCUT2D eigenvalue weighted by Gasteiger charge is 2.25. The van der Waals surface area contributed by atoms with E-state index in [0.29, 0.717) is 11.7 Å². The van der Waals surface area contributed by atoms with Crippen LogP contribution in [0.1, 0.15) is 13.3 Å². The monoisotopic (exact) mass is 243 g/mol. The first-order valence-corrected chi connectivity index (χ1v) is 6.27. The molecule has 0 amide bonds. The number of rotatable bonds is 2. The lowest BCUT2D eigenvalue weighted by Gasteiger charge is -2.20. The SMILES string of the molecule is CC1OCCC1Nc1c(N)cnc2ccccc12. The summed E-state index contributed by atoms with van der Waals surface area (Å²) in [5.41, 5.74) is 8.67. The van der Waals surface area contributed by atoms with Crippen molar-refractivity contribution < 1.29 is 4.74 Å². The van der Waals surface area contributed by atoms with Gasteiger partial charge in [0.1, 0.15) is 0 Å². The summed E-state index contributed by atoms with van der Waals surface area (Å²) in [5, 5.41) is 4.58. The molecule has 0 bridgehead atoms. The van der Waals surface area contributed by atoms with Crippen molar-refractivity contribution in [2.45, 2.75) is 25.5 Å². The van der Waals surface area contributed by atoms with E-state index in [1.807, 2.05) is 24.3 Å². The first kappa shape index (κ1) is 11.3. The van der Waals surface area contributed by atoms with Crippen molar-refractivity contribution in [3.8, 4) is 0 Å². The van der Waals surface area contributed by atoms with Gasteiger partial charge in [0, 0.05) is 12.0 Å². The van der Waals surface area contributed by atoms with Gasteiger partial charge < -0.3 is 15.8 Å². The van der Waals surface area contributed by atoms with E-state index in [1.165, 1.54) is 0 Å². The molecule has 2 heterocycles. The number of hydrogen-bond donors (Lipinski definition) is 2. The summed E-state index contributed by atoms with van der Waals surface area (Å²) in [6, 6.07) is 8.34. The summed E-state index contributed by atoms with van der Waals surface area (Å²) in [4.78, 5) is 4.34. The molecule has 0 radical (unpaired) electrons. The minimum absolute atomic E-state index is 0.219. The van der Waals surface area contributed by atoms with Crippen LogP contribution >= 0.6 is 0 Å². The Balaban J connectivity index is 2.02. The number of fused-ring (bicyclic) bond motifs is 1. The Labute approximate surface area is 106 Å². The van der Waals surface area contributed by atoms with E-state index in [1.54, 1.807) is 6.20 Å². The molecular formula is C14H17N3O. The first-order valence-electron chi connectivity index (χ1n) is 6.27. The van der Waals surface area contributed by atoms with Crippen molar-refractivity contribution >= 4 is 22.3 Å². The summed E-state index contributed by atoms with van der Waals surface area (Å²) in [6.07, 6.45) is 2.94. The third-order valence-electron chi connectivity index (χ3n) is 3.51. The lowest BCUT2D eigenvalue weighted by atomic mass is 10.1. The second-order valence-electron chi connectivity index (χ2n) is 4.72. The van der Waals surface area contributed by atoms with Crippen LogP contribution in [0, 0.1) is 0 Å². The quantitative estimate of drug-likeness (QED) is 0.850. The molecule has 18 heavy (non-hydrogen) atoms. The van der Waals surface area contributed by atoms with Crippen LogP contribution in [0.5, 0.6) is 0 Å². The van der Waals surface area contributed by atoms with Gasteiger partial charge in [-0.05, 0) is 19.4 Å². The second kappa shape index (κ2) is 4.46. The van der Waals surface area contributed by atoms with Crippen LogP contribution in [0.4, 0.5) is 11.4 Å². The number of hydrogen-bond acceptors (Lipinski definition) is 4. The molecule has 1 saturated heterocycles. The van der Waals surface area contributed by atoms with Crippen LogP contribution < -0.4 is 11.1 Å². The second-order valence-corrected chi connectivity index (χ2v) is 4.72. The first-order chi connectivity index (χ1) is 8.75. The molecule has 3 rings (SSSR count). The van der Waals surface area contributed by atoms with E-state index < -0.39 is 0 Å². The Morgan fingerprint density at radius 1 is 1.39 bits per heavy atom. The van der Waals surface area contributed by atoms with Crippen molar-refractivity contribution in [1.82, 2.24) is 4.98 Å². The van der Waals surface area contributed by atoms with Gasteiger partial charge in [-0.3, -0.25) is 4.98 Å². The summed E-state index contributed by atoms with van der Waals surface area (Å²) in [6.45, 7) is 2.89. The van der Waals surface area contributed by atoms with E-state index >= 15 is 0 Å². The van der Waals surface area contributed by atoms with Gasteiger partial charge in [0.25, 0.3) is 0 Å². The van der Waals surface area contributed by atoms with Crippen LogP contribution in [0.3, 0.4) is 0 Å². The van der Waals surface area contributed by atoms with Gasteiger partial charge in [-0.2, -0.15) is 0 Å². The van der Waals surface area contributed by atoms with Gasteiger partial charge in [0.05, 0.1) is 35.2 Å². The molecular weight excluding hydrogens is 226 g/mol. The number of nitrogens with zero attached hydrogens (tertiary/aromatic N) is 1. The lowest BCUT2D eigenvalue weighted by Crippen LogP contribution is -2.27. The molecule has 1 aromatic carbocycles. The average molecular weight is 243 g/mol. The molecule has 2 unspecified atom stereocenters. The fourth-order valence-corrected chi connectivity index (χ4v) is 2.42. The van der Waals surface area contributed by atoms with Crippen molar-refractivity contribution in [2.75, 3.05) is 17.7 Å². The number of pyridine rings is 1. The van der Waals surface area contributed by atoms with E-state index in [2.05, 4.69) is 17.2 Å². The average Bonchev–Trinajstić information content (AvgIpc) is 2.79. The van der Waals surface area contributed by atoms with E-state index in [0.717, 1.165) is 29.6 Å². The van der Waals surface area contributed by atoms with Crippen molar-refractivity contribution in [2.24, 2.45) is 0 Å². The third-order valence-corrected chi connectivity index (χ3v) is 3.51. The van der Waals surface area contributed by atoms with Gasteiger partial charge in [-0.1, -0.05) is 18.2 Å². The number of benzene rings is 1. The maximum Gasteiger partial charge on any atom is 0.0748 e. The molecule has 1 fully saturated rings. The van der Waals surface area contributed by atoms with Gasteiger partial charge in [0.2, 0.25) is 0 Å². The summed E-state index contributed by atoms with van der Waals surface area (Å²) >= 11 is 0. The van der Waals surface area contributed by atoms with Gasteiger partial charge in [-0.15, -0.1) is 0 Å². The normalized spacial score (nSPS) is 23.4. The number of ether oxygens (including phenoxy) is 1. The van der Waals surface area contributed by atoms with Crippen LogP contribution in [-0.4, -0.2) is 23.7 Å². The van der Waals surface area contributed by atoms with Crippen LogP contribution in [0.15, 0.2) is 30.5 Å². The summed E-state index contributed by atoms with van der Waals surface area (Å²) in [7, 11) is 0. The number of nitrogens with one attached hydrogen (secondary N) is 1. The highest BCUT2D eigenvalue weighted by Crippen LogP contribution is 2.30. The molecule has 4 nitrogen and oxygen atoms in total. The zero-order chi connectivity index (χ0) is 12.5. The molecule has 0 saturated carbocycles. The number of nitrogens with two attached hydrogens (primary N) is 1. The maximum absolute atomic E-state index is 6.04. The van der Waals surface area contributed by atoms with E-state index in [4.69, 9.17) is 10.5 Å². The number of aromatic nitrogens is 1. The molecule has 0 spiro atoms. The zero-order valence-electron chi connectivity index (χ0n) is 10.4. The van der Waals surface area contributed by atoms with Crippen LogP contribution in [0.2, 0.25) is 0 Å². The van der Waals surface area contributed by atoms with Gasteiger partial charge in [0.15, 0.2) is 0 Å². The maximum atomic E-state index is 6.04. The fourth-order valence-electron chi connectivity index (χ4n) is 2.42. The number of para-hydroxylation sites is 1. The molecule has 2 aromatic rings. The van der Waals surface area contributed by atoms with Crippen LogP contribution in [0.25, 0.3) is 10.9 Å². The standard InChI is InChI=1S/C14H17N3O/c1-9-12(6-7-18-9)17-14-10-4-2-3-5-13(10)16-8-11(14)15/h2-5,8-9,12H,6-7,15H2,1H3,(H,16,17).